The average molecular weight is 305 g/mol. The minimum absolute atomic E-state index is 0.213. The molecule has 6 nitrogen and oxygen atoms in total. The van der Waals surface area contributed by atoms with E-state index in [4.69, 9.17) is 9.47 Å². The molecule has 1 heterocycles. The highest BCUT2D eigenvalue weighted by molar-refractivity contribution is 6.11. The van der Waals surface area contributed by atoms with Crippen molar-refractivity contribution in [2.75, 3.05) is 13.7 Å². The Morgan fingerprint density at radius 3 is 2.36 bits per heavy atom. The van der Waals surface area contributed by atoms with Crippen molar-refractivity contribution < 1.29 is 23.9 Å². The number of nitrogens with zero attached hydrogens (tertiary/aromatic N) is 1. The molecule has 1 aliphatic rings. The number of carbonyl (C=O) groups excluding carboxylic acids is 3. The first-order chi connectivity index (χ1) is 10.5. The molecule has 0 unspecified atom stereocenters. The summed E-state index contributed by atoms with van der Waals surface area (Å²) < 4.78 is 10.1. The molecular weight excluding hydrogens is 286 g/mol. The predicted octanol–water partition coefficient (Wildman–Crippen LogP) is 1.17. The summed E-state index contributed by atoms with van der Waals surface area (Å²) in [6.45, 7) is 3.48. The molecule has 0 N–H and O–H groups in total. The molecule has 0 aliphatic carbocycles. The second-order valence-corrected chi connectivity index (χ2v) is 5.10. The molecule has 22 heavy (non-hydrogen) atoms. The molecule has 6 heteroatoms. The zero-order chi connectivity index (χ0) is 16.3. The smallest absolute Gasteiger partial charge is 0.330 e. The van der Waals surface area contributed by atoms with Crippen LogP contribution in [0.25, 0.3) is 0 Å². The van der Waals surface area contributed by atoms with Crippen molar-refractivity contribution in [3.8, 4) is 5.75 Å². The summed E-state index contributed by atoms with van der Waals surface area (Å²) in [5.41, 5.74) is 0.852. The molecule has 1 aliphatic heterocycles. The van der Waals surface area contributed by atoms with E-state index < -0.39 is 17.9 Å². The van der Waals surface area contributed by atoms with Gasteiger partial charge in [-0.3, -0.25) is 9.59 Å². The van der Waals surface area contributed by atoms with E-state index in [1.165, 1.54) is 11.8 Å². The van der Waals surface area contributed by atoms with Crippen LogP contribution in [0.4, 0.5) is 0 Å². The first-order valence-electron chi connectivity index (χ1n) is 7.10. The molecular formula is C16H19NO5. The van der Waals surface area contributed by atoms with Gasteiger partial charge in [-0.1, -0.05) is 12.1 Å². The molecule has 0 bridgehead atoms. The van der Waals surface area contributed by atoms with E-state index in [1.54, 1.807) is 26.2 Å². The number of ketones is 1. The summed E-state index contributed by atoms with van der Waals surface area (Å²) in [7, 11) is 1.57. The Balaban J connectivity index is 2.15. The molecule has 1 aromatic carbocycles. The standard InChI is InChI=1S/C16H19NO5/c1-4-22-16(20)14-13(10(2)18)15(19)17(14)9-11-5-7-12(21-3)8-6-11/h5-8,13-14H,4,9H2,1-3H3/t13-,14+/m0/s1. The van der Waals surface area contributed by atoms with Crippen LogP contribution in [0.2, 0.25) is 0 Å². The molecule has 1 aromatic rings. The van der Waals surface area contributed by atoms with Gasteiger partial charge in [-0.25, -0.2) is 4.79 Å². The Morgan fingerprint density at radius 1 is 1.23 bits per heavy atom. The molecule has 0 aromatic heterocycles. The van der Waals surface area contributed by atoms with Gasteiger partial charge in [-0.05, 0) is 31.5 Å². The average Bonchev–Trinajstić information content (AvgIpc) is 2.50. The lowest BCUT2D eigenvalue weighted by molar-refractivity contribution is -0.177. The maximum absolute atomic E-state index is 12.1. The van der Waals surface area contributed by atoms with Crippen LogP contribution in [0.5, 0.6) is 5.75 Å². The van der Waals surface area contributed by atoms with Crippen molar-refractivity contribution in [2.24, 2.45) is 5.92 Å². The maximum atomic E-state index is 12.1. The van der Waals surface area contributed by atoms with Crippen molar-refractivity contribution in [1.29, 1.82) is 0 Å². The van der Waals surface area contributed by atoms with Crippen LogP contribution in [0.15, 0.2) is 24.3 Å². The predicted molar refractivity (Wildman–Crippen MR) is 78.1 cm³/mol. The Labute approximate surface area is 129 Å². The van der Waals surface area contributed by atoms with E-state index in [2.05, 4.69) is 0 Å². The molecule has 0 saturated carbocycles. The minimum Gasteiger partial charge on any atom is -0.497 e. The van der Waals surface area contributed by atoms with Crippen molar-refractivity contribution >= 4 is 17.7 Å². The van der Waals surface area contributed by atoms with E-state index in [0.717, 1.165) is 5.56 Å². The van der Waals surface area contributed by atoms with Crippen LogP contribution in [-0.2, 0) is 25.7 Å². The van der Waals surface area contributed by atoms with Gasteiger partial charge in [0.05, 0.1) is 13.7 Å². The number of amides is 1. The fraction of sp³-hybridized carbons (Fsp3) is 0.438. The second kappa shape index (κ2) is 6.60. The highest BCUT2D eigenvalue weighted by Gasteiger charge is 2.54. The Morgan fingerprint density at radius 2 is 1.86 bits per heavy atom. The minimum atomic E-state index is -0.919. The van der Waals surface area contributed by atoms with Crippen LogP contribution in [0, 0.1) is 5.92 Å². The van der Waals surface area contributed by atoms with E-state index in [1.807, 2.05) is 12.1 Å². The Hall–Kier alpha value is -2.37. The molecule has 0 radical (unpaired) electrons. The van der Waals surface area contributed by atoms with Gasteiger partial charge in [0, 0.05) is 6.54 Å². The number of hydrogen-bond acceptors (Lipinski definition) is 5. The van der Waals surface area contributed by atoms with Crippen LogP contribution < -0.4 is 4.74 Å². The topological polar surface area (TPSA) is 72.9 Å². The summed E-state index contributed by atoms with van der Waals surface area (Å²) in [6, 6.07) is 6.36. The fourth-order valence-electron chi connectivity index (χ4n) is 2.54. The summed E-state index contributed by atoms with van der Waals surface area (Å²) >= 11 is 0. The fourth-order valence-corrected chi connectivity index (χ4v) is 2.54. The molecule has 2 rings (SSSR count). The number of benzene rings is 1. The third kappa shape index (κ3) is 2.95. The quantitative estimate of drug-likeness (QED) is 0.448. The van der Waals surface area contributed by atoms with Gasteiger partial charge >= 0.3 is 5.97 Å². The van der Waals surface area contributed by atoms with E-state index in [0.29, 0.717) is 5.75 Å². The summed E-state index contributed by atoms with van der Waals surface area (Å²) in [5, 5.41) is 0. The lowest BCUT2D eigenvalue weighted by Crippen LogP contribution is -2.66. The van der Waals surface area contributed by atoms with Crippen molar-refractivity contribution in [3.63, 3.8) is 0 Å². The highest BCUT2D eigenvalue weighted by atomic mass is 16.5. The number of methoxy groups -OCH3 is 1. The van der Waals surface area contributed by atoms with Crippen molar-refractivity contribution in [1.82, 2.24) is 4.90 Å². The van der Waals surface area contributed by atoms with Crippen molar-refractivity contribution in [3.05, 3.63) is 29.8 Å². The van der Waals surface area contributed by atoms with Crippen molar-refractivity contribution in [2.45, 2.75) is 26.4 Å². The zero-order valence-electron chi connectivity index (χ0n) is 12.9. The molecule has 118 valence electrons. The van der Waals surface area contributed by atoms with Gasteiger partial charge in [0.25, 0.3) is 0 Å². The monoisotopic (exact) mass is 305 g/mol. The van der Waals surface area contributed by atoms with E-state index >= 15 is 0 Å². The summed E-state index contributed by atoms with van der Waals surface area (Å²) in [6.07, 6.45) is 0. The van der Waals surface area contributed by atoms with Crippen LogP contribution in [0.1, 0.15) is 19.4 Å². The number of rotatable bonds is 6. The van der Waals surface area contributed by atoms with Crippen LogP contribution in [-0.4, -0.2) is 42.3 Å². The van der Waals surface area contributed by atoms with Gasteiger partial charge in [0.1, 0.15) is 23.5 Å². The number of carbonyl (C=O) groups is 3. The zero-order valence-corrected chi connectivity index (χ0v) is 12.9. The molecule has 1 amide bonds. The second-order valence-electron chi connectivity index (χ2n) is 5.10. The number of Topliss-reactive ketones (excluding diaryl/α,β-unsaturated/α-hetero) is 1. The molecule has 0 spiro atoms. The van der Waals surface area contributed by atoms with Gasteiger partial charge in [0.15, 0.2) is 0 Å². The number of β-lactam (4-membered cyclic amide) rings is 1. The largest absolute Gasteiger partial charge is 0.497 e. The number of esters is 1. The number of ether oxygens (including phenoxy) is 2. The van der Waals surface area contributed by atoms with Gasteiger partial charge < -0.3 is 14.4 Å². The van der Waals surface area contributed by atoms with Gasteiger partial charge in [-0.2, -0.15) is 0 Å². The van der Waals surface area contributed by atoms with Crippen LogP contribution in [0.3, 0.4) is 0 Å². The molecule has 1 saturated heterocycles. The van der Waals surface area contributed by atoms with Gasteiger partial charge in [-0.15, -0.1) is 0 Å². The third-order valence-electron chi connectivity index (χ3n) is 3.68. The molecule has 2 atom stereocenters. The lowest BCUT2D eigenvalue weighted by Gasteiger charge is -2.44. The lowest BCUT2D eigenvalue weighted by atomic mass is 9.84. The number of likely N-dealkylation sites (tertiary alicyclic amines) is 1. The summed E-state index contributed by atoms with van der Waals surface area (Å²) in [5.74, 6) is -1.38. The Kier molecular flexibility index (Phi) is 4.80. The van der Waals surface area contributed by atoms with Gasteiger partial charge in [0.2, 0.25) is 5.91 Å². The van der Waals surface area contributed by atoms with E-state index in [-0.39, 0.29) is 24.8 Å². The normalized spacial score (nSPS) is 20.3. The third-order valence-corrected chi connectivity index (χ3v) is 3.68. The molecule has 1 fully saturated rings. The first kappa shape index (κ1) is 16.0. The van der Waals surface area contributed by atoms with E-state index in [9.17, 15) is 14.4 Å². The van der Waals surface area contributed by atoms with Crippen LogP contribution >= 0.6 is 0 Å². The maximum Gasteiger partial charge on any atom is 0.330 e. The first-order valence-corrected chi connectivity index (χ1v) is 7.10. The number of hydrogen-bond donors (Lipinski definition) is 0. The summed E-state index contributed by atoms with van der Waals surface area (Å²) in [4.78, 5) is 37.1. The Bertz CT molecular complexity index is 581. The highest BCUT2D eigenvalue weighted by Crippen LogP contribution is 2.30. The SMILES string of the molecule is CCOC(=O)[C@H]1[C@H](C(C)=O)C(=O)N1Cc1ccc(OC)cc1.